The maximum Gasteiger partial charge on any atom is 0.306 e. The van der Waals surface area contributed by atoms with Gasteiger partial charge in [-0.25, -0.2) is 0 Å². The molecule has 3 aromatic rings. The first-order chi connectivity index (χ1) is 29.4. The standard InChI is InChI=1S/C24H27N.C24H32O4S.C4H10N2O/c1-20(19-21-11-5-2-6-12-21)25-18-17-24(22-13-7-3-8-14-22)23-15-9-4-10-16-23;1-14(25)29-19-13-15-12-16(26)4-8-22(15,2)17-5-9-23(3)18(21(17)19)6-10-24(23)11-7-20(27)28-24;1-3-6(4-2)5-7/h2-16,20,24-25H,17-19H2,1H3;12,17-19,21H,4-11,13H2,1-3H3;3-4H2,1-2H3/t;17-,18-,19+,21+,22-,23-,24+;/m.0./s1. The summed E-state index contributed by atoms with van der Waals surface area (Å²) in [7, 11) is 0. The summed E-state index contributed by atoms with van der Waals surface area (Å²) in [5, 5.41) is 8.26. The number of carbonyl (C=O) groups excluding carboxylic acids is 3. The molecule has 3 aromatic carbocycles. The third-order valence-electron chi connectivity index (χ3n) is 15.2. The Labute approximate surface area is 369 Å². The van der Waals surface area contributed by atoms with Gasteiger partial charge in [-0.2, -0.15) is 0 Å². The summed E-state index contributed by atoms with van der Waals surface area (Å²) in [5.74, 6) is 2.12. The van der Waals surface area contributed by atoms with Crippen molar-refractivity contribution in [3.8, 4) is 0 Å². The van der Waals surface area contributed by atoms with Crippen LogP contribution >= 0.6 is 11.8 Å². The molecule has 1 heterocycles. The molecule has 1 N–H and O–H groups in total. The highest BCUT2D eigenvalue weighted by molar-refractivity contribution is 8.14. The van der Waals surface area contributed by atoms with E-state index in [2.05, 4.69) is 122 Å². The molecular weight excluding hydrogens is 779 g/mol. The van der Waals surface area contributed by atoms with Gasteiger partial charge in [0.15, 0.2) is 10.9 Å². The van der Waals surface area contributed by atoms with E-state index >= 15 is 0 Å². The molecule has 1 spiro atoms. The molecule has 0 radical (unpaired) electrons. The lowest BCUT2D eigenvalue weighted by molar-refractivity contribution is -0.167. The molecule has 1 aliphatic heterocycles. The predicted molar refractivity (Wildman–Crippen MR) is 248 cm³/mol. The topological polar surface area (TPSA) is 105 Å². The van der Waals surface area contributed by atoms with Gasteiger partial charge in [0.05, 0.1) is 5.29 Å². The molecule has 8 rings (SSSR count). The maximum atomic E-state index is 12.2. The number of ketones is 1. The third-order valence-corrected chi connectivity index (χ3v) is 16.3. The number of esters is 1. The summed E-state index contributed by atoms with van der Waals surface area (Å²) >= 11 is 1.50. The summed E-state index contributed by atoms with van der Waals surface area (Å²) in [4.78, 5) is 46.1. The van der Waals surface area contributed by atoms with Gasteiger partial charge in [0, 0.05) is 55.5 Å². The van der Waals surface area contributed by atoms with Gasteiger partial charge in [0.25, 0.3) is 0 Å². The van der Waals surface area contributed by atoms with Crippen LogP contribution in [0, 0.1) is 33.5 Å². The largest absolute Gasteiger partial charge is 0.458 e. The molecule has 0 bridgehead atoms. The fourth-order valence-electron chi connectivity index (χ4n) is 11.9. The Balaban J connectivity index is 0.000000178. The number of ether oxygens (including phenoxy) is 1. The molecule has 1 saturated heterocycles. The number of carbonyl (C=O) groups is 3. The monoisotopic (exact) mass is 847 g/mol. The van der Waals surface area contributed by atoms with Crippen LogP contribution in [-0.4, -0.2) is 58.4 Å². The van der Waals surface area contributed by atoms with Gasteiger partial charge < -0.3 is 10.1 Å². The van der Waals surface area contributed by atoms with Crippen molar-refractivity contribution < 1.29 is 19.1 Å². The molecule has 328 valence electrons. The van der Waals surface area contributed by atoms with Crippen molar-refractivity contribution in [2.24, 2.45) is 33.9 Å². The van der Waals surface area contributed by atoms with Gasteiger partial charge in [-0.15, -0.1) is 4.91 Å². The molecule has 0 aromatic heterocycles. The molecule has 4 aliphatic carbocycles. The van der Waals surface area contributed by atoms with Gasteiger partial charge in [-0.05, 0) is 131 Å². The molecule has 8 atom stereocenters. The van der Waals surface area contributed by atoms with Crippen LogP contribution in [0.15, 0.2) is 108 Å². The zero-order valence-corrected chi connectivity index (χ0v) is 38.3. The Hall–Kier alpha value is -4.08. The first-order valence-electron chi connectivity index (χ1n) is 22.9. The predicted octanol–water partition coefficient (Wildman–Crippen LogP) is 11.3. The van der Waals surface area contributed by atoms with Crippen molar-refractivity contribution in [1.29, 1.82) is 0 Å². The lowest BCUT2D eigenvalue weighted by Crippen LogP contribution is -2.57. The Morgan fingerprint density at radius 3 is 2.00 bits per heavy atom. The number of hydrogen-bond acceptors (Lipinski definition) is 8. The molecule has 3 saturated carbocycles. The summed E-state index contributed by atoms with van der Waals surface area (Å²) in [6.07, 6.45) is 12.2. The SMILES string of the molecule is CC(=O)S[C@@H]1CC2=CC(=O)CC[C@]2(C)[C@H]2CC[C@@]3(C)[C@@H](CC[C@@]34CCC(=O)O4)[C@H]12.CC(Cc1ccccc1)NCCC(c1ccccc1)c1ccccc1.CCN(CC)N=O. The minimum Gasteiger partial charge on any atom is -0.458 e. The van der Waals surface area contributed by atoms with Crippen LogP contribution in [0.4, 0.5) is 0 Å². The highest BCUT2D eigenvalue weighted by Crippen LogP contribution is 2.70. The first-order valence-corrected chi connectivity index (χ1v) is 23.8. The van der Waals surface area contributed by atoms with Crippen molar-refractivity contribution in [3.05, 3.63) is 124 Å². The lowest BCUT2D eigenvalue weighted by Gasteiger charge is -2.61. The third kappa shape index (κ3) is 10.6. The van der Waals surface area contributed by atoms with Crippen LogP contribution in [0.5, 0.6) is 0 Å². The average Bonchev–Trinajstić information content (AvgIpc) is 3.79. The Morgan fingerprint density at radius 1 is 0.852 bits per heavy atom. The number of allylic oxidation sites excluding steroid dienone is 1. The van der Waals surface area contributed by atoms with E-state index in [0.717, 1.165) is 64.3 Å². The first kappa shape index (κ1) is 46.4. The zero-order valence-electron chi connectivity index (χ0n) is 37.4. The smallest absolute Gasteiger partial charge is 0.306 e. The van der Waals surface area contributed by atoms with Crippen molar-refractivity contribution in [3.63, 3.8) is 0 Å². The van der Waals surface area contributed by atoms with Gasteiger partial charge >= 0.3 is 5.97 Å². The second kappa shape index (κ2) is 20.9. The second-order valence-corrected chi connectivity index (χ2v) is 20.0. The zero-order chi connectivity index (χ0) is 43.6. The highest BCUT2D eigenvalue weighted by atomic mass is 32.2. The van der Waals surface area contributed by atoms with Gasteiger partial charge in [0.1, 0.15) is 5.60 Å². The fourth-order valence-corrected chi connectivity index (χ4v) is 13.1. The quantitative estimate of drug-likeness (QED) is 0.109. The molecule has 61 heavy (non-hydrogen) atoms. The summed E-state index contributed by atoms with van der Waals surface area (Å²) in [5.41, 5.74) is 5.28. The number of nitrogens with one attached hydrogen (secondary N) is 1. The Morgan fingerprint density at radius 2 is 1.46 bits per heavy atom. The number of benzene rings is 3. The maximum absolute atomic E-state index is 12.2. The normalized spacial score (nSPS) is 29.1. The van der Waals surface area contributed by atoms with Crippen LogP contribution in [0.1, 0.15) is 128 Å². The average molecular weight is 848 g/mol. The van der Waals surface area contributed by atoms with E-state index in [9.17, 15) is 19.3 Å². The molecule has 5 aliphatic rings. The second-order valence-electron chi connectivity index (χ2n) is 18.6. The number of fused-ring (bicyclic) bond motifs is 6. The summed E-state index contributed by atoms with van der Waals surface area (Å²) in [6.45, 7) is 14.9. The van der Waals surface area contributed by atoms with Crippen molar-refractivity contribution in [2.45, 2.75) is 135 Å². The number of rotatable bonds is 12. The van der Waals surface area contributed by atoms with E-state index in [1.165, 1.54) is 39.0 Å². The van der Waals surface area contributed by atoms with Crippen LogP contribution in [0.3, 0.4) is 0 Å². The summed E-state index contributed by atoms with van der Waals surface area (Å²) in [6, 6.07) is 32.9. The molecule has 8 nitrogen and oxygen atoms in total. The number of thioether (sulfide) groups is 1. The molecule has 4 fully saturated rings. The van der Waals surface area contributed by atoms with Crippen LogP contribution in [-0.2, 0) is 25.5 Å². The van der Waals surface area contributed by atoms with E-state index in [-0.39, 0.29) is 38.5 Å². The molecular formula is C52H69N3O5S. The number of nitrogens with zero attached hydrogens (tertiary/aromatic N) is 2. The highest BCUT2D eigenvalue weighted by Gasteiger charge is 2.68. The minimum absolute atomic E-state index is 0.0119. The fraction of sp³-hybridized carbons (Fsp3) is 0.558. The van der Waals surface area contributed by atoms with E-state index < -0.39 is 0 Å². The summed E-state index contributed by atoms with van der Waals surface area (Å²) < 4.78 is 6.06. The van der Waals surface area contributed by atoms with Crippen LogP contribution < -0.4 is 5.32 Å². The minimum atomic E-state index is -0.287. The van der Waals surface area contributed by atoms with Crippen molar-refractivity contribution in [1.82, 2.24) is 10.3 Å². The number of hydrogen-bond donors (Lipinski definition) is 1. The number of nitroso groups, excluding NO2 is 1. The van der Waals surface area contributed by atoms with Gasteiger partial charge in [-0.3, -0.25) is 19.4 Å². The molecule has 0 amide bonds. The Kier molecular flexibility index (Phi) is 15.9. The van der Waals surface area contributed by atoms with Crippen LogP contribution in [0.2, 0.25) is 0 Å². The van der Waals surface area contributed by atoms with E-state index in [1.807, 2.05) is 19.9 Å². The Bertz CT molecular complexity index is 1920. The van der Waals surface area contributed by atoms with Gasteiger partial charge in [-0.1, -0.05) is 122 Å². The lowest BCUT2D eigenvalue weighted by atomic mass is 9.46. The van der Waals surface area contributed by atoms with Crippen molar-refractivity contribution >= 4 is 28.6 Å². The van der Waals surface area contributed by atoms with Crippen LogP contribution in [0.25, 0.3) is 0 Å². The van der Waals surface area contributed by atoms with Crippen molar-refractivity contribution in [2.75, 3.05) is 19.6 Å². The van der Waals surface area contributed by atoms with E-state index in [4.69, 9.17) is 4.74 Å². The van der Waals surface area contributed by atoms with Gasteiger partial charge in [0.2, 0.25) is 0 Å². The van der Waals surface area contributed by atoms with E-state index in [0.29, 0.717) is 55.6 Å². The van der Waals surface area contributed by atoms with E-state index in [1.54, 1.807) is 6.92 Å². The molecule has 9 heteroatoms. The molecule has 1 unspecified atom stereocenters.